The second-order valence-corrected chi connectivity index (χ2v) is 9.95. The molecule has 0 bridgehead atoms. The molecule has 3 atom stereocenters. The molecule has 2 aliphatic carbocycles. The first-order chi connectivity index (χ1) is 16.9. The molecule has 1 aromatic carbocycles. The molecule has 1 saturated heterocycles. The monoisotopic (exact) mass is 475 g/mol. The normalized spacial score (nSPS) is 26.8. The van der Waals surface area contributed by atoms with Crippen LogP contribution in [-0.2, 0) is 16.1 Å². The Morgan fingerprint density at radius 1 is 1.09 bits per heavy atom. The second-order valence-electron chi connectivity index (χ2n) is 9.95. The van der Waals surface area contributed by atoms with Crippen LogP contribution in [-0.4, -0.2) is 55.4 Å². The van der Waals surface area contributed by atoms with Crippen LogP contribution in [0.2, 0.25) is 0 Å². The molecule has 0 spiro atoms. The maximum atomic E-state index is 14.0. The summed E-state index contributed by atoms with van der Waals surface area (Å²) in [6, 6.07) is 9.82. The van der Waals surface area contributed by atoms with Gasteiger partial charge < -0.3 is 10.2 Å². The van der Waals surface area contributed by atoms with Gasteiger partial charge in [0.2, 0.25) is 11.8 Å². The Kier molecular flexibility index (Phi) is 5.16. The van der Waals surface area contributed by atoms with E-state index in [0.717, 1.165) is 6.42 Å². The number of hydrogen-bond acceptors (Lipinski definition) is 5. The Hall–Kier alpha value is -3.62. The van der Waals surface area contributed by atoms with Crippen molar-refractivity contribution in [2.24, 2.45) is 5.92 Å². The molecule has 6 rings (SSSR count). The van der Waals surface area contributed by atoms with Crippen molar-refractivity contribution in [2.75, 3.05) is 0 Å². The topological polar surface area (TPSA) is 97.2 Å². The highest BCUT2D eigenvalue weighted by molar-refractivity contribution is 6.04. The number of amides is 2. The molecule has 2 aromatic heterocycles. The summed E-state index contributed by atoms with van der Waals surface area (Å²) < 4.78 is 15.5. The number of hydrogen-bond donors (Lipinski definition) is 1. The van der Waals surface area contributed by atoms with E-state index in [1.54, 1.807) is 35.4 Å². The Balaban J connectivity index is 1.13. The third-order valence-electron chi connectivity index (χ3n) is 7.65. The van der Waals surface area contributed by atoms with E-state index in [-0.39, 0.29) is 53.7 Å². The summed E-state index contributed by atoms with van der Waals surface area (Å²) >= 11 is 0. The van der Waals surface area contributed by atoms with E-state index in [9.17, 15) is 18.8 Å². The van der Waals surface area contributed by atoms with E-state index in [2.05, 4.69) is 15.4 Å². The van der Waals surface area contributed by atoms with Crippen molar-refractivity contribution in [3.05, 3.63) is 59.7 Å². The van der Waals surface area contributed by atoms with Gasteiger partial charge in [0.25, 0.3) is 0 Å². The zero-order chi connectivity index (χ0) is 24.3. The third-order valence-corrected chi connectivity index (χ3v) is 7.65. The highest BCUT2D eigenvalue weighted by atomic mass is 19.1. The summed E-state index contributed by atoms with van der Waals surface area (Å²) in [7, 11) is 0. The number of fused-ring (bicyclic) bond motifs is 2. The molecule has 2 amide bonds. The molecule has 9 heteroatoms. The zero-order valence-corrected chi connectivity index (χ0v) is 19.4. The predicted octanol–water partition coefficient (Wildman–Crippen LogP) is 2.82. The van der Waals surface area contributed by atoms with Gasteiger partial charge in [0, 0.05) is 25.2 Å². The number of carbonyl (C=O) groups excluding carboxylic acids is 3. The molecule has 0 unspecified atom stereocenters. The lowest BCUT2D eigenvalue weighted by Gasteiger charge is -2.38. The van der Waals surface area contributed by atoms with Gasteiger partial charge in [-0.15, -0.1) is 0 Å². The van der Waals surface area contributed by atoms with E-state index in [0.29, 0.717) is 41.8 Å². The Labute approximate surface area is 201 Å². The SMILES string of the molecule is CC(=O)c1nn(CC(=O)N2[C@@H]3C[C@@H]3C[C@H]2C(=O)NC2CC(c3ccccc3F)C2)c2ncccc12. The maximum Gasteiger partial charge on any atom is 0.245 e. The quantitative estimate of drug-likeness (QED) is 0.553. The minimum Gasteiger partial charge on any atom is -0.352 e. The fraction of sp³-hybridized carbons (Fsp3) is 0.423. The van der Waals surface area contributed by atoms with Crippen molar-refractivity contribution in [3.63, 3.8) is 0 Å². The summed E-state index contributed by atoms with van der Waals surface area (Å²) in [6.07, 6.45) is 4.55. The molecule has 1 aliphatic heterocycles. The zero-order valence-electron chi connectivity index (χ0n) is 19.4. The van der Waals surface area contributed by atoms with Gasteiger partial charge in [-0.25, -0.2) is 14.1 Å². The molecule has 3 heterocycles. The van der Waals surface area contributed by atoms with Gasteiger partial charge in [-0.2, -0.15) is 5.10 Å². The van der Waals surface area contributed by atoms with Crippen LogP contribution in [0.15, 0.2) is 42.6 Å². The minimum atomic E-state index is -0.513. The van der Waals surface area contributed by atoms with Crippen molar-refractivity contribution < 1.29 is 18.8 Å². The van der Waals surface area contributed by atoms with Crippen molar-refractivity contribution >= 4 is 28.6 Å². The standard InChI is InChI=1S/C26H26FN5O3/c1-14(33)24-19-6-4-8-28-25(19)31(30-24)13-23(34)32-21-11-16(21)12-22(32)26(35)29-17-9-15(10-17)18-5-2-3-7-20(18)27/h2-8,15-17,21-22H,9-13H2,1H3,(H,29,35)/t15?,16-,17?,21-,22+/m1/s1. The number of pyridine rings is 1. The first-order valence-electron chi connectivity index (χ1n) is 12.1. The van der Waals surface area contributed by atoms with E-state index < -0.39 is 6.04 Å². The van der Waals surface area contributed by atoms with Crippen molar-refractivity contribution in [3.8, 4) is 0 Å². The number of nitrogens with zero attached hydrogens (tertiary/aromatic N) is 4. The van der Waals surface area contributed by atoms with Crippen LogP contribution < -0.4 is 5.32 Å². The summed E-state index contributed by atoms with van der Waals surface area (Å²) in [6.45, 7) is 1.36. The number of carbonyl (C=O) groups is 3. The van der Waals surface area contributed by atoms with Crippen molar-refractivity contribution in [2.45, 2.75) is 63.2 Å². The maximum absolute atomic E-state index is 14.0. The summed E-state index contributed by atoms with van der Waals surface area (Å²) in [5, 5.41) is 8.04. The first kappa shape index (κ1) is 21.9. The van der Waals surface area contributed by atoms with Crippen LogP contribution in [0.25, 0.3) is 11.0 Å². The third kappa shape index (κ3) is 3.79. The highest BCUT2D eigenvalue weighted by Crippen LogP contribution is 2.48. The molecule has 2 saturated carbocycles. The largest absolute Gasteiger partial charge is 0.352 e. The fourth-order valence-corrected chi connectivity index (χ4v) is 5.73. The number of likely N-dealkylation sites (tertiary alicyclic amines) is 1. The number of nitrogens with one attached hydrogen (secondary N) is 1. The van der Waals surface area contributed by atoms with Gasteiger partial charge in [0.1, 0.15) is 24.1 Å². The molecular weight excluding hydrogens is 449 g/mol. The smallest absolute Gasteiger partial charge is 0.245 e. The van der Waals surface area contributed by atoms with Gasteiger partial charge in [-0.3, -0.25) is 14.4 Å². The van der Waals surface area contributed by atoms with E-state index in [1.807, 2.05) is 6.07 Å². The fourth-order valence-electron chi connectivity index (χ4n) is 5.73. The number of ketones is 1. The summed E-state index contributed by atoms with van der Waals surface area (Å²) in [5.74, 6) is -0.282. The molecule has 35 heavy (non-hydrogen) atoms. The average molecular weight is 476 g/mol. The van der Waals surface area contributed by atoms with Crippen LogP contribution >= 0.6 is 0 Å². The van der Waals surface area contributed by atoms with Gasteiger partial charge in [0.15, 0.2) is 11.4 Å². The minimum absolute atomic E-state index is 0.0154. The molecule has 3 aromatic rings. The highest BCUT2D eigenvalue weighted by Gasteiger charge is 2.56. The average Bonchev–Trinajstić information content (AvgIpc) is 3.32. The van der Waals surface area contributed by atoms with Crippen molar-refractivity contribution in [1.29, 1.82) is 0 Å². The number of benzene rings is 1. The Morgan fingerprint density at radius 3 is 2.66 bits per heavy atom. The lowest BCUT2D eigenvalue weighted by molar-refractivity contribution is -0.140. The summed E-state index contributed by atoms with van der Waals surface area (Å²) in [5.41, 5.74) is 1.46. The van der Waals surface area contributed by atoms with Crippen LogP contribution in [0.1, 0.15) is 54.6 Å². The van der Waals surface area contributed by atoms with Gasteiger partial charge >= 0.3 is 0 Å². The number of halogens is 1. The van der Waals surface area contributed by atoms with Crippen LogP contribution in [0.3, 0.4) is 0 Å². The molecule has 3 fully saturated rings. The van der Waals surface area contributed by atoms with E-state index in [1.165, 1.54) is 17.7 Å². The second kappa shape index (κ2) is 8.25. The van der Waals surface area contributed by atoms with Crippen LogP contribution in [0, 0.1) is 11.7 Å². The van der Waals surface area contributed by atoms with Gasteiger partial charge in [-0.1, -0.05) is 18.2 Å². The number of rotatable bonds is 6. The van der Waals surface area contributed by atoms with Crippen LogP contribution in [0.4, 0.5) is 4.39 Å². The van der Waals surface area contributed by atoms with E-state index in [4.69, 9.17) is 0 Å². The van der Waals surface area contributed by atoms with Crippen LogP contribution in [0.5, 0.6) is 0 Å². The number of Topliss-reactive ketones (excluding diaryl/α,β-unsaturated/α-hetero) is 1. The molecule has 3 aliphatic rings. The molecule has 1 N–H and O–H groups in total. The molecular formula is C26H26FN5O3. The van der Waals surface area contributed by atoms with E-state index >= 15 is 0 Å². The molecule has 8 nitrogen and oxygen atoms in total. The molecule has 180 valence electrons. The Morgan fingerprint density at radius 2 is 1.89 bits per heavy atom. The lowest BCUT2D eigenvalue weighted by Crippen LogP contribution is -2.53. The van der Waals surface area contributed by atoms with Gasteiger partial charge in [-0.05, 0) is 61.3 Å². The number of aromatic nitrogens is 3. The number of piperidine rings is 1. The van der Waals surface area contributed by atoms with Gasteiger partial charge in [0.05, 0.1) is 5.39 Å². The van der Waals surface area contributed by atoms with Crippen molar-refractivity contribution in [1.82, 2.24) is 25.0 Å². The summed E-state index contributed by atoms with van der Waals surface area (Å²) in [4.78, 5) is 44.5. The molecule has 0 radical (unpaired) electrons. The lowest BCUT2D eigenvalue weighted by atomic mass is 9.75. The predicted molar refractivity (Wildman–Crippen MR) is 125 cm³/mol. The first-order valence-corrected chi connectivity index (χ1v) is 12.1. The Bertz CT molecular complexity index is 1350.